The number of pyridine rings is 1. The summed E-state index contributed by atoms with van der Waals surface area (Å²) in [7, 11) is 0. The molecule has 1 aromatic carbocycles. The van der Waals surface area contributed by atoms with Gasteiger partial charge in [0.2, 0.25) is 0 Å². The van der Waals surface area contributed by atoms with Crippen molar-refractivity contribution < 1.29 is 4.57 Å². The smallest absolute Gasteiger partial charge is 0.180 e. The lowest BCUT2D eigenvalue weighted by atomic mass is 10.2. The molecule has 0 unspecified atom stereocenters. The lowest BCUT2D eigenvalue weighted by molar-refractivity contribution is -0.688. The fourth-order valence-corrected chi connectivity index (χ4v) is 1.57. The molecule has 0 atom stereocenters. The molecule has 0 amide bonds. The fraction of sp³-hybridized carbons (Fsp3) is 0.0769. The first-order valence-electron chi connectivity index (χ1n) is 5.13. The second-order valence-electron chi connectivity index (χ2n) is 3.66. The minimum Gasteiger partial charge on any atom is -0.383 e. The van der Waals surface area contributed by atoms with Crippen LogP contribution in [0.4, 0.5) is 0 Å². The Labute approximate surface area is 94.7 Å². The number of hydrogen-bond acceptors (Lipinski definition) is 1. The van der Waals surface area contributed by atoms with Crippen molar-refractivity contribution in [2.24, 2.45) is 5.73 Å². The molecule has 0 saturated carbocycles. The number of nitrogens with zero attached hydrogens (tertiary/aromatic N) is 1. The van der Waals surface area contributed by atoms with E-state index in [0.717, 1.165) is 12.1 Å². The first-order valence-corrected chi connectivity index (χ1v) is 5.13. The summed E-state index contributed by atoms with van der Waals surface area (Å²) in [4.78, 5) is 0. The van der Waals surface area contributed by atoms with Crippen molar-refractivity contribution in [2.75, 3.05) is 0 Å². The Morgan fingerprint density at radius 1 is 1.12 bits per heavy atom. The zero-order chi connectivity index (χ0) is 11.4. The number of nitrogen functional groups attached to an aromatic ring is 1. The summed E-state index contributed by atoms with van der Waals surface area (Å²) in [5, 5.41) is 7.38. The number of rotatable bonds is 3. The van der Waals surface area contributed by atoms with Gasteiger partial charge in [-0.1, -0.05) is 30.3 Å². The van der Waals surface area contributed by atoms with Crippen LogP contribution < -0.4 is 10.3 Å². The van der Waals surface area contributed by atoms with Crippen LogP contribution in [0.15, 0.2) is 54.9 Å². The molecule has 0 spiro atoms. The Bertz CT molecular complexity index is 492. The van der Waals surface area contributed by atoms with Crippen LogP contribution in [0.2, 0.25) is 0 Å². The highest BCUT2D eigenvalue weighted by Crippen LogP contribution is 1.98. The van der Waals surface area contributed by atoms with Crippen molar-refractivity contribution in [2.45, 2.75) is 6.54 Å². The van der Waals surface area contributed by atoms with E-state index in [-0.39, 0.29) is 5.84 Å². The Balaban J connectivity index is 2.22. The van der Waals surface area contributed by atoms with E-state index in [9.17, 15) is 0 Å². The van der Waals surface area contributed by atoms with Crippen LogP contribution in [-0.2, 0) is 6.54 Å². The van der Waals surface area contributed by atoms with Gasteiger partial charge in [-0.2, -0.15) is 0 Å². The Morgan fingerprint density at radius 3 is 2.56 bits per heavy atom. The monoisotopic (exact) mass is 212 g/mol. The molecule has 3 N–H and O–H groups in total. The van der Waals surface area contributed by atoms with Crippen molar-refractivity contribution in [1.29, 1.82) is 5.41 Å². The van der Waals surface area contributed by atoms with Gasteiger partial charge in [0.1, 0.15) is 5.84 Å². The van der Waals surface area contributed by atoms with E-state index in [2.05, 4.69) is 12.1 Å². The second-order valence-corrected chi connectivity index (χ2v) is 3.66. The number of nitrogens with two attached hydrogens (primary N) is 1. The van der Waals surface area contributed by atoms with Crippen molar-refractivity contribution in [3.63, 3.8) is 0 Å². The maximum Gasteiger partial charge on any atom is 0.180 e. The molecule has 16 heavy (non-hydrogen) atoms. The van der Waals surface area contributed by atoms with E-state index in [4.69, 9.17) is 11.1 Å². The van der Waals surface area contributed by atoms with Crippen LogP contribution >= 0.6 is 0 Å². The summed E-state index contributed by atoms with van der Waals surface area (Å²) in [6.45, 7) is 0.794. The largest absolute Gasteiger partial charge is 0.383 e. The van der Waals surface area contributed by atoms with Crippen molar-refractivity contribution in [1.82, 2.24) is 0 Å². The van der Waals surface area contributed by atoms with E-state index < -0.39 is 0 Å². The summed E-state index contributed by atoms with van der Waals surface area (Å²) in [5.41, 5.74) is 7.42. The lowest BCUT2D eigenvalue weighted by Crippen LogP contribution is -2.35. The maximum absolute atomic E-state index is 7.38. The minimum absolute atomic E-state index is 0.0995. The van der Waals surface area contributed by atoms with Crippen molar-refractivity contribution in [3.8, 4) is 0 Å². The predicted molar refractivity (Wildman–Crippen MR) is 63.2 cm³/mol. The first-order chi connectivity index (χ1) is 7.75. The standard InChI is InChI=1S/C13H14N3/c14-13(15)12-7-4-8-16(10-12)9-11-5-2-1-3-6-11/h1-8,10H,9H2,(H3,14,15)/q+1. The zero-order valence-electron chi connectivity index (χ0n) is 8.93. The Kier molecular flexibility index (Phi) is 2.96. The molecule has 0 aliphatic carbocycles. The number of amidine groups is 1. The van der Waals surface area contributed by atoms with Gasteiger partial charge in [0.05, 0.1) is 5.56 Å². The van der Waals surface area contributed by atoms with Gasteiger partial charge >= 0.3 is 0 Å². The van der Waals surface area contributed by atoms with Crippen molar-refractivity contribution in [3.05, 3.63) is 66.0 Å². The van der Waals surface area contributed by atoms with E-state index in [1.54, 1.807) is 0 Å². The van der Waals surface area contributed by atoms with Gasteiger partial charge in [0.15, 0.2) is 18.9 Å². The van der Waals surface area contributed by atoms with Crippen molar-refractivity contribution >= 4 is 5.84 Å². The molecule has 0 bridgehead atoms. The molecule has 0 radical (unpaired) electrons. The molecule has 0 fully saturated rings. The maximum atomic E-state index is 7.38. The number of hydrogen-bond donors (Lipinski definition) is 2. The van der Waals surface area contributed by atoms with Gasteiger partial charge in [0, 0.05) is 11.6 Å². The summed E-state index contributed by atoms with van der Waals surface area (Å²) in [5.74, 6) is 0.0995. The average Bonchev–Trinajstić information content (AvgIpc) is 2.30. The molecular formula is C13H14N3+. The molecule has 2 rings (SSSR count). The normalized spacial score (nSPS) is 10.0. The SMILES string of the molecule is N=C(N)c1ccc[n+](Cc2ccccc2)c1. The third-order valence-corrected chi connectivity index (χ3v) is 2.38. The van der Waals surface area contributed by atoms with Gasteiger partial charge in [-0.05, 0) is 6.07 Å². The summed E-state index contributed by atoms with van der Waals surface area (Å²) in [6, 6.07) is 13.9. The highest BCUT2D eigenvalue weighted by Gasteiger charge is 2.05. The molecule has 0 aliphatic rings. The summed E-state index contributed by atoms with van der Waals surface area (Å²) < 4.78 is 2.02. The minimum atomic E-state index is 0.0995. The second kappa shape index (κ2) is 4.57. The molecule has 3 heteroatoms. The van der Waals surface area contributed by atoms with E-state index >= 15 is 0 Å². The first kappa shape index (κ1) is 10.4. The molecule has 2 aromatic rings. The Hall–Kier alpha value is -2.16. The third kappa shape index (κ3) is 2.45. The topological polar surface area (TPSA) is 53.8 Å². The number of aromatic nitrogens is 1. The van der Waals surface area contributed by atoms with Crippen LogP contribution in [-0.4, -0.2) is 5.84 Å². The molecule has 1 heterocycles. The number of benzene rings is 1. The van der Waals surface area contributed by atoms with E-state index in [0.29, 0.717) is 0 Å². The van der Waals surface area contributed by atoms with Crippen LogP contribution in [0.5, 0.6) is 0 Å². The third-order valence-electron chi connectivity index (χ3n) is 2.38. The molecule has 1 aromatic heterocycles. The van der Waals surface area contributed by atoms with Gasteiger partial charge in [0.25, 0.3) is 0 Å². The van der Waals surface area contributed by atoms with Gasteiger partial charge in [-0.25, -0.2) is 4.57 Å². The predicted octanol–water partition coefficient (Wildman–Crippen LogP) is 1.31. The lowest BCUT2D eigenvalue weighted by Gasteiger charge is -1.99. The highest BCUT2D eigenvalue weighted by molar-refractivity contribution is 5.94. The highest BCUT2D eigenvalue weighted by atomic mass is 14.9. The fourth-order valence-electron chi connectivity index (χ4n) is 1.57. The molecule has 3 nitrogen and oxygen atoms in total. The molecule has 80 valence electrons. The Morgan fingerprint density at radius 2 is 1.88 bits per heavy atom. The van der Waals surface area contributed by atoms with Crippen LogP contribution in [0.1, 0.15) is 11.1 Å². The van der Waals surface area contributed by atoms with Crippen LogP contribution in [0.25, 0.3) is 0 Å². The van der Waals surface area contributed by atoms with Gasteiger partial charge < -0.3 is 5.73 Å². The number of nitrogens with one attached hydrogen (secondary N) is 1. The van der Waals surface area contributed by atoms with Gasteiger partial charge in [-0.15, -0.1) is 0 Å². The summed E-state index contributed by atoms with van der Waals surface area (Å²) >= 11 is 0. The average molecular weight is 212 g/mol. The van der Waals surface area contributed by atoms with Gasteiger partial charge in [-0.3, -0.25) is 5.41 Å². The quantitative estimate of drug-likeness (QED) is 0.450. The summed E-state index contributed by atoms with van der Waals surface area (Å²) in [6.07, 6.45) is 3.86. The van der Waals surface area contributed by atoms with Crippen LogP contribution in [0, 0.1) is 5.41 Å². The molecule has 0 saturated heterocycles. The molecular weight excluding hydrogens is 198 g/mol. The molecule has 0 aliphatic heterocycles. The van der Waals surface area contributed by atoms with E-state index in [1.165, 1.54) is 5.56 Å². The van der Waals surface area contributed by atoms with E-state index in [1.807, 2.05) is 47.3 Å². The zero-order valence-corrected chi connectivity index (χ0v) is 8.93. The van der Waals surface area contributed by atoms with Crippen LogP contribution in [0.3, 0.4) is 0 Å².